The van der Waals surface area contributed by atoms with E-state index in [-0.39, 0.29) is 17.7 Å². The van der Waals surface area contributed by atoms with E-state index in [4.69, 9.17) is 0 Å². The lowest BCUT2D eigenvalue weighted by molar-refractivity contribution is -0.133. The number of piperazine rings is 1. The van der Waals surface area contributed by atoms with E-state index in [1.165, 1.54) is 0 Å². The fourth-order valence-corrected chi connectivity index (χ4v) is 6.28. The molecule has 0 spiro atoms. The van der Waals surface area contributed by atoms with E-state index in [9.17, 15) is 13.2 Å². The third-order valence-electron chi connectivity index (χ3n) is 5.69. The molecular weight excluding hydrogens is 430 g/mol. The molecule has 146 valence electrons. The Morgan fingerprint density at radius 2 is 1.93 bits per heavy atom. The Kier molecular flexibility index (Phi) is 5.31. The summed E-state index contributed by atoms with van der Waals surface area (Å²) in [4.78, 5) is 16.8. The molecule has 3 heterocycles. The van der Waals surface area contributed by atoms with Crippen molar-refractivity contribution in [1.29, 1.82) is 0 Å². The maximum Gasteiger partial charge on any atom is 0.224 e. The van der Waals surface area contributed by atoms with E-state index in [1.807, 2.05) is 17.2 Å². The summed E-state index contributed by atoms with van der Waals surface area (Å²) in [7, 11) is -2.86. The summed E-state index contributed by atoms with van der Waals surface area (Å²) in [6.45, 7) is 3.59. The molecule has 2 fully saturated rings. The Labute approximate surface area is 168 Å². The van der Waals surface area contributed by atoms with Gasteiger partial charge in [-0.05, 0) is 30.7 Å². The van der Waals surface area contributed by atoms with Gasteiger partial charge in [-0.2, -0.15) is 0 Å². The lowest BCUT2D eigenvalue weighted by Crippen LogP contribution is -2.52. The van der Waals surface area contributed by atoms with Gasteiger partial charge in [-0.25, -0.2) is 8.42 Å². The Hall–Kier alpha value is -1.38. The zero-order chi connectivity index (χ0) is 19.0. The average molecular weight is 454 g/mol. The smallest absolute Gasteiger partial charge is 0.224 e. The first-order valence-corrected chi connectivity index (χ1v) is 12.0. The van der Waals surface area contributed by atoms with Gasteiger partial charge in [0.15, 0.2) is 9.84 Å². The minimum absolute atomic E-state index is 0.137. The van der Waals surface area contributed by atoms with Gasteiger partial charge in [0.1, 0.15) is 0 Å². The van der Waals surface area contributed by atoms with Gasteiger partial charge in [0, 0.05) is 66.8 Å². The van der Waals surface area contributed by atoms with Crippen molar-refractivity contribution in [2.45, 2.75) is 25.4 Å². The number of rotatable bonds is 4. The maximum absolute atomic E-state index is 12.6. The predicted octanol–water partition coefficient (Wildman–Crippen LogP) is 2.13. The minimum Gasteiger partial charge on any atom is -0.347 e. The standard InChI is InChI=1S/C19H24BrN3O3S/c20-16-1-2-18-15(13-16)3-6-22(18)7-4-19(24)23-10-8-21(9-11-23)17-5-12-27(25,26)14-17/h1-3,6,13,17H,4-5,7-12,14H2/t17-/m0/s1. The molecule has 27 heavy (non-hydrogen) atoms. The van der Waals surface area contributed by atoms with E-state index in [0.29, 0.717) is 31.8 Å². The monoisotopic (exact) mass is 453 g/mol. The number of aryl methyl sites for hydroxylation is 1. The fourth-order valence-electron chi connectivity index (χ4n) is 4.14. The number of hydrogen-bond acceptors (Lipinski definition) is 4. The zero-order valence-electron chi connectivity index (χ0n) is 15.2. The highest BCUT2D eigenvalue weighted by Gasteiger charge is 2.34. The number of sulfone groups is 1. The van der Waals surface area contributed by atoms with Gasteiger partial charge < -0.3 is 9.47 Å². The third kappa shape index (κ3) is 4.22. The van der Waals surface area contributed by atoms with Crippen molar-refractivity contribution in [1.82, 2.24) is 14.4 Å². The van der Waals surface area contributed by atoms with Crippen LogP contribution in [0.5, 0.6) is 0 Å². The number of halogens is 1. The van der Waals surface area contributed by atoms with Crippen LogP contribution in [0, 0.1) is 0 Å². The number of carbonyl (C=O) groups excluding carboxylic acids is 1. The summed E-state index contributed by atoms with van der Waals surface area (Å²) in [5.74, 6) is 0.753. The molecule has 8 heteroatoms. The van der Waals surface area contributed by atoms with Crippen LogP contribution < -0.4 is 0 Å². The molecule has 2 aromatic rings. The van der Waals surface area contributed by atoms with Crippen molar-refractivity contribution >= 4 is 42.6 Å². The molecule has 0 unspecified atom stereocenters. The van der Waals surface area contributed by atoms with Crippen molar-refractivity contribution in [2.24, 2.45) is 0 Å². The summed E-state index contributed by atoms with van der Waals surface area (Å²) in [6.07, 6.45) is 3.24. The van der Waals surface area contributed by atoms with E-state index in [0.717, 1.165) is 34.9 Å². The molecule has 0 bridgehead atoms. The third-order valence-corrected chi connectivity index (χ3v) is 7.93. The van der Waals surface area contributed by atoms with Gasteiger partial charge >= 0.3 is 0 Å². The summed E-state index contributed by atoms with van der Waals surface area (Å²) in [5.41, 5.74) is 1.14. The summed E-state index contributed by atoms with van der Waals surface area (Å²) in [6, 6.07) is 8.37. The van der Waals surface area contributed by atoms with Crippen LogP contribution in [0.1, 0.15) is 12.8 Å². The molecule has 2 aliphatic heterocycles. The van der Waals surface area contributed by atoms with Gasteiger partial charge in [0.05, 0.1) is 11.5 Å². The molecule has 0 saturated carbocycles. The Morgan fingerprint density at radius 3 is 2.63 bits per heavy atom. The van der Waals surface area contributed by atoms with Crippen LogP contribution in [0.2, 0.25) is 0 Å². The van der Waals surface area contributed by atoms with Crippen LogP contribution in [-0.4, -0.2) is 72.4 Å². The van der Waals surface area contributed by atoms with E-state index in [1.54, 1.807) is 0 Å². The lowest BCUT2D eigenvalue weighted by Gasteiger charge is -2.37. The summed E-state index contributed by atoms with van der Waals surface area (Å²) in [5, 5.41) is 1.16. The van der Waals surface area contributed by atoms with Crippen molar-refractivity contribution in [3.63, 3.8) is 0 Å². The molecular formula is C19H24BrN3O3S. The average Bonchev–Trinajstić information content (AvgIpc) is 3.22. The second kappa shape index (κ2) is 7.56. The Balaban J connectivity index is 1.29. The van der Waals surface area contributed by atoms with Gasteiger partial charge in [-0.3, -0.25) is 9.69 Å². The number of benzene rings is 1. The van der Waals surface area contributed by atoms with Crippen molar-refractivity contribution < 1.29 is 13.2 Å². The van der Waals surface area contributed by atoms with Gasteiger partial charge in [0.25, 0.3) is 0 Å². The first kappa shape index (κ1) is 19.0. The second-order valence-corrected chi connectivity index (χ2v) is 10.6. The van der Waals surface area contributed by atoms with Gasteiger partial charge in [-0.15, -0.1) is 0 Å². The largest absolute Gasteiger partial charge is 0.347 e. The first-order valence-electron chi connectivity index (χ1n) is 9.38. The molecule has 2 aliphatic rings. The SMILES string of the molecule is O=C(CCn1ccc2cc(Br)ccc21)N1CCN([C@H]2CCS(=O)(=O)C2)CC1. The van der Waals surface area contributed by atoms with Crippen LogP contribution in [0.15, 0.2) is 34.9 Å². The van der Waals surface area contributed by atoms with Crippen LogP contribution in [-0.2, 0) is 21.2 Å². The number of aromatic nitrogens is 1. The van der Waals surface area contributed by atoms with Crippen LogP contribution in [0.3, 0.4) is 0 Å². The molecule has 0 radical (unpaired) electrons. The molecule has 1 amide bonds. The highest BCUT2D eigenvalue weighted by atomic mass is 79.9. The van der Waals surface area contributed by atoms with Crippen LogP contribution in [0.4, 0.5) is 0 Å². The normalized spacial score (nSPS) is 23.1. The number of fused-ring (bicyclic) bond motifs is 1. The predicted molar refractivity (Wildman–Crippen MR) is 109 cm³/mol. The highest BCUT2D eigenvalue weighted by molar-refractivity contribution is 9.10. The number of nitrogens with zero attached hydrogens (tertiary/aromatic N) is 3. The molecule has 4 rings (SSSR count). The number of amides is 1. The minimum atomic E-state index is -2.86. The lowest BCUT2D eigenvalue weighted by atomic mass is 10.2. The molecule has 2 saturated heterocycles. The maximum atomic E-state index is 12.6. The molecule has 0 aliphatic carbocycles. The second-order valence-electron chi connectivity index (χ2n) is 7.44. The molecule has 1 aromatic carbocycles. The topological polar surface area (TPSA) is 62.6 Å². The van der Waals surface area contributed by atoms with E-state index in [2.05, 4.69) is 43.6 Å². The number of carbonyl (C=O) groups is 1. The zero-order valence-corrected chi connectivity index (χ0v) is 17.6. The van der Waals surface area contributed by atoms with Gasteiger partial charge in [0.2, 0.25) is 5.91 Å². The quantitative estimate of drug-likeness (QED) is 0.710. The fraction of sp³-hybridized carbons (Fsp3) is 0.526. The Bertz CT molecular complexity index is 948. The van der Waals surface area contributed by atoms with Crippen molar-refractivity contribution in [3.05, 3.63) is 34.9 Å². The van der Waals surface area contributed by atoms with Crippen molar-refractivity contribution in [2.75, 3.05) is 37.7 Å². The Morgan fingerprint density at radius 1 is 1.15 bits per heavy atom. The summed E-state index contributed by atoms with van der Waals surface area (Å²) >= 11 is 3.48. The van der Waals surface area contributed by atoms with E-state index < -0.39 is 9.84 Å². The van der Waals surface area contributed by atoms with E-state index >= 15 is 0 Å². The summed E-state index contributed by atoms with van der Waals surface area (Å²) < 4.78 is 26.5. The van der Waals surface area contributed by atoms with Crippen LogP contribution >= 0.6 is 15.9 Å². The van der Waals surface area contributed by atoms with Crippen molar-refractivity contribution in [3.8, 4) is 0 Å². The van der Waals surface area contributed by atoms with Crippen LogP contribution in [0.25, 0.3) is 10.9 Å². The number of hydrogen-bond donors (Lipinski definition) is 0. The molecule has 1 aromatic heterocycles. The highest BCUT2D eigenvalue weighted by Crippen LogP contribution is 2.22. The van der Waals surface area contributed by atoms with Gasteiger partial charge in [-0.1, -0.05) is 15.9 Å². The molecule has 0 N–H and O–H groups in total. The first-order chi connectivity index (χ1) is 12.9. The molecule has 6 nitrogen and oxygen atoms in total. The molecule has 1 atom stereocenters.